The number of benzene rings is 2. The van der Waals surface area contributed by atoms with Crippen LogP contribution in [0.2, 0.25) is 0 Å². The van der Waals surface area contributed by atoms with E-state index in [1.807, 2.05) is 54.6 Å². The average Bonchev–Trinajstić information content (AvgIpc) is 3.00. The molecule has 0 radical (unpaired) electrons. The smallest absolute Gasteiger partial charge is 0.267 e. The number of amides is 2. The summed E-state index contributed by atoms with van der Waals surface area (Å²) in [5.41, 5.74) is 6.50. The second-order valence-electron chi connectivity index (χ2n) is 7.51. The second kappa shape index (κ2) is 7.62. The van der Waals surface area contributed by atoms with Crippen molar-refractivity contribution in [2.75, 3.05) is 13.6 Å². The van der Waals surface area contributed by atoms with E-state index in [-0.39, 0.29) is 18.0 Å². The molecule has 1 unspecified atom stereocenters. The van der Waals surface area contributed by atoms with Crippen molar-refractivity contribution in [3.63, 3.8) is 0 Å². The number of pyridine rings is 1. The molecular formula is C24H21N3O3. The van der Waals surface area contributed by atoms with Gasteiger partial charge in [0.2, 0.25) is 0 Å². The Morgan fingerprint density at radius 3 is 2.77 bits per heavy atom. The molecule has 1 atom stereocenters. The normalized spacial score (nSPS) is 18.3. The highest BCUT2D eigenvalue weighted by Gasteiger charge is 2.42. The fourth-order valence-electron chi connectivity index (χ4n) is 3.66. The van der Waals surface area contributed by atoms with Crippen LogP contribution < -0.4 is 5.73 Å². The largest absolute Gasteiger partial charge is 0.379 e. The highest BCUT2D eigenvalue weighted by atomic mass is 16.3. The average molecular weight is 399 g/mol. The molecule has 0 spiro atoms. The maximum absolute atomic E-state index is 12.1. The lowest BCUT2D eigenvalue weighted by Crippen LogP contribution is -2.38. The summed E-state index contributed by atoms with van der Waals surface area (Å²) in [7, 11) is 1.67. The van der Waals surface area contributed by atoms with Gasteiger partial charge in [-0.15, -0.1) is 0 Å². The summed E-state index contributed by atoms with van der Waals surface area (Å²) in [6, 6.07) is 16.8. The number of likely N-dealkylation sites (tertiary alicyclic amines) is 1. The van der Waals surface area contributed by atoms with Gasteiger partial charge in [-0.2, -0.15) is 0 Å². The minimum atomic E-state index is -1.41. The molecule has 6 heteroatoms. The van der Waals surface area contributed by atoms with Gasteiger partial charge in [0.25, 0.3) is 11.8 Å². The first-order valence-electron chi connectivity index (χ1n) is 9.64. The van der Waals surface area contributed by atoms with Gasteiger partial charge < -0.3 is 15.7 Å². The quantitative estimate of drug-likeness (QED) is 0.661. The van der Waals surface area contributed by atoms with Crippen molar-refractivity contribution in [1.29, 1.82) is 0 Å². The third-order valence-electron chi connectivity index (χ3n) is 5.35. The Balaban J connectivity index is 1.65. The molecule has 150 valence electrons. The standard InChI is InChI=1S/C24H21N3O3/c1-27-13-12-24(30,23(27)29)11-5-7-16-6-4-9-18(14-16)20-15-17-8-2-3-10-19(17)21(26-20)22(25)28/h2-4,6,8-10,14-15,30H,11-13H2,1H3,(H2,25,28). The van der Waals surface area contributed by atoms with Gasteiger partial charge in [-0.25, -0.2) is 4.98 Å². The van der Waals surface area contributed by atoms with E-state index < -0.39 is 11.5 Å². The number of primary amides is 1. The molecule has 2 heterocycles. The Kier molecular flexibility index (Phi) is 4.98. The number of nitrogens with zero attached hydrogens (tertiary/aromatic N) is 2. The number of hydrogen-bond acceptors (Lipinski definition) is 4. The first kappa shape index (κ1) is 19.6. The molecule has 2 aromatic carbocycles. The van der Waals surface area contributed by atoms with Crippen molar-refractivity contribution in [3.8, 4) is 23.1 Å². The predicted octanol–water partition coefficient (Wildman–Crippen LogP) is 2.34. The molecule has 3 N–H and O–H groups in total. The third kappa shape index (κ3) is 3.63. The number of rotatable bonds is 3. The van der Waals surface area contributed by atoms with E-state index in [1.54, 1.807) is 7.05 Å². The molecule has 1 fully saturated rings. The van der Waals surface area contributed by atoms with Crippen molar-refractivity contribution >= 4 is 22.6 Å². The van der Waals surface area contributed by atoms with E-state index in [4.69, 9.17) is 5.73 Å². The van der Waals surface area contributed by atoms with Crippen molar-refractivity contribution in [2.24, 2.45) is 5.73 Å². The summed E-state index contributed by atoms with van der Waals surface area (Å²) in [5.74, 6) is 5.08. The SMILES string of the molecule is CN1CCC(O)(CC#Cc2cccc(-c3cc4ccccc4c(C(N)=O)n3)c2)C1=O. The number of carbonyl (C=O) groups is 2. The number of likely N-dealkylation sites (N-methyl/N-ethyl adjacent to an activating group) is 1. The number of nitrogens with two attached hydrogens (primary N) is 1. The lowest BCUT2D eigenvalue weighted by molar-refractivity contribution is -0.141. The topological polar surface area (TPSA) is 96.5 Å². The molecule has 6 nitrogen and oxygen atoms in total. The number of aliphatic hydroxyl groups is 1. The van der Waals surface area contributed by atoms with Crippen molar-refractivity contribution in [3.05, 3.63) is 65.9 Å². The molecule has 1 aliphatic heterocycles. The zero-order valence-electron chi connectivity index (χ0n) is 16.6. The maximum atomic E-state index is 12.1. The molecule has 1 aliphatic rings. The molecule has 3 aromatic rings. The first-order valence-corrected chi connectivity index (χ1v) is 9.64. The fraction of sp³-hybridized carbons (Fsp3) is 0.208. The van der Waals surface area contributed by atoms with Crippen LogP contribution in [0.3, 0.4) is 0 Å². The summed E-state index contributed by atoms with van der Waals surface area (Å²) >= 11 is 0. The van der Waals surface area contributed by atoms with Gasteiger partial charge in [0.15, 0.2) is 5.60 Å². The van der Waals surface area contributed by atoms with Crippen LogP contribution in [0.25, 0.3) is 22.0 Å². The van der Waals surface area contributed by atoms with Crippen molar-refractivity contribution < 1.29 is 14.7 Å². The van der Waals surface area contributed by atoms with Gasteiger partial charge in [-0.05, 0) is 23.6 Å². The van der Waals surface area contributed by atoms with Gasteiger partial charge >= 0.3 is 0 Å². The Morgan fingerprint density at radius 2 is 2.03 bits per heavy atom. The van der Waals surface area contributed by atoms with Crippen LogP contribution >= 0.6 is 0 Å². The molecule has 0 aliphatic carbocycles. The van der Waals surface area contributed by atoms with Crippen LogP contribution in [-0.2, 0) is 4.79 Å². The van der Waals surface area contributed by atoms with E-state index in [9.17, 15) is 14.7 Å². The summed E-state index contributed by atoms with van der Waals surface area (Å²) < 4.78 is 0. The Hall–Kier alpha value is -3.69. The van der Waals surface area contributed by atoms with E-state index in [0.717, 1.165) is 16.5 Å². The lowest BCUT2D eigenvalue weighted by atomic mass is 9.98. The maximum Gasteiger partial charge on any atom is 0.267 e. The van der Waals surface area contributed by atoms with Gasteiger partial charge in [0.05, 0.1) is 5.69 Å². The molecule has 0 bridgehead atoms. The molecule has 4 rings (SSSR count). The van der Waals surface area contributed by atoms with E-state index in [2.05, 4.69) is 16.8 Å². The highest BCUT2D eigenvalue weighted by molar-refractivity contribution is 6.05. The fourth-order valence-corrected chi connectivity index (χ4v) is 3.66. The zero-order valence-corrected chi connectivity index (χ0v) is 16.6. The minimum absolute atomic E-state index is 0.0838. The predicted molar refractivity (Wildman–Crippen MR) is 114 cm³/mol. The van der Waals surface area contributed by atoms with Crippen molar-refractivity contribution in [2.45, 2.75) is 18.4 Å². The minimum Gasteiger partial charge on any atom is -0.379 e. The molecule has 2 amide bonds. The molecule has 30 heavy (non-hydrogen) atoms. The van der Waals surface area contributed by atoms with Gasteiger partial charge in [0.1, 0.15) is 5.69 Å². The zero-order chi connectivity index (χ0) is 21.3. The number of hydrogen-bond donors (Lipinski definition) is 2. The van der Waals surface area contributed by atoms with Crippen LogP contribution in [0, 0.1) is 11.8 Å². The number of carbonyl (C=O) groups excluding carboxylic acids is 2. The van der Waals surface area contributed by atoms with Crippen molar-refractivity contribution in [1.82, 2.24) is 9.88 Å². The highest BCUT2D eigenvalue weighted by Crippen LogP contribution is 2.26. The molecule has 0 saturated carbocycles. The summed E-state index contributed by atoms with van der Waals surface area (Å²) in [5, 5.41) is 12.1. The molecule has 1 aromatic heterocycles. The third-order valence-corrected chi connectivity index (χ3v) is 5.35. The molecular weight excluding hydrogens is 378 g/mol. The second-order valence-corrected chi connectivity index (χ2v) is 7.51. The Morgan fingerprint density at radius 1 is 1.23 bits per heavy atom. The van der Waals surface area contributed by atoms with Crippen LogP contribution in [0.4, 0.5) is 0 Å². The number of fused-ring (bicyclic) bond motifs is 1. The first-order chi connectivity index (χ1) is 14.4. The number of aromatic nitrogens is 1. The Labute approximate surface area is 174 Å². The van der Waals surface area contributed by atoms with E-state index in [1.165, 1.54) is 4.90 Å². The summed E-state index contributed by atoms with van der Waals surface area (Å²) in [6.45, 7) is 0.530. The lowest BCUT2D eigenvalue weighted by Gasteiger charge is -2.17. The van der Waals surface area contributed by atoms with Crippen LogP contribution in [0.15, 0.2) is 54.6 Å². The Bertz CT molecular complexity index is 1230. The van der Waals surface area contributed by atoms with Crippen LogP contribution in [0.1, 0.15) is 28.9 Å². The van der Waals surface area contributed by atoms with E-state index >= 15 is 0 Å². The summed E-state index contributed by atoms with van der Waals surface area (Å²) in [6.07, 6.45) is 0.467. The molecule has 1 saturated heterocycles. The van der Waals surface area contributed by atoms with Gasteiger partial charge in [-0.1, -0.05) is 48.2 Å². The summed E-state index contributed by atoms with van der Waals surface area (Å²) in [4.78, 5) is 29.9. The van der Waals surface area contributed by atoms with Gasteiger partial charge in [0, 0.05) is 42.9 Å². The van der Waals surface area contributed by atoms with Crippen LogP contribution in [0.5, 0.6) is 0 Å². The van der Waals surface area contributed by atoms with Gasteiger partial charge in [-0.3, -0.25) is 9.59 Å². The van der Waals surface area contributed by atoms with E-state index in [0.29, 0.717) is 24.0 Å². The van der Waals surface area contributed by atoms with Crippen LogP contribution in [-0.4, -0.2) is 46.0 Å². The monoisotopic (exact) mass is 399 g/mol.